The summed E-state index contributed by atoms with van der Waals surface area (Å²) in [7, 11) is -2.32. The lowest BCUT2D eigenvalue weighted by molar-refractivity contribution is -0.122. The molecule has 0 aromatic heterocycles. The first-order valence-corrected chi connectivity index (χ1v) is 11.6. The first kappa shape index (κ1) is 23.6. The molecule has 0 aliphatic carbocycles. The van der Waals surface area contributed by atoms with E-state index in [0.717, 1.165) is 0 Å². The highest BCUT2D eigenvalue weighted by molar-refractivity contribution is 7.89. The molecule has 1 aliphatic heterocycles. The van der Waals surface area contributed by atoms with Crippen molar-refractivity contribution in [1.29, 1.82) is 0 Å². The predicted octanol–water partition coefficient (Wildman–Crippen LogP) is 3.43. The number of methoxy groups -OCH3 is 1. The Bertz CT molecular complexity index is 1060. The van der Waals surface area contributed by atoms with Crippen molar-refractivity contribution in [3.05, 3.63) is 46.4 Å². The van der Waals surface area contributed by atoms with Gasteiger partial charge < -0.3 is 19.5 Å². The topological polar surface area (TPSA) is 94.2 Å². The molecule has 168 valence electrons. The molecule has 3 rings (SSSR count). The second-order valence-electron chi connectivity index (χ2n) is 6.68. The van der Waals surface area contributed by atoms with Gasteiger partial charge in [0.15, 0.2) is 6.10 Å². The van der Waals surface area contributed by atoms with Gasteiger partial charge in [-0.1, -0.05) is 29.3 Å². The molecule has 1 heterocycles. The van der Waals surface area contributed by atoms with Crippen LogP contribution in [0, 0.1) is 0 Å². The van der Waals surface area contributed by atoms with Crippen molar-refractivity contribution in [2.45, 2.75) is 17.9 Å². The highest BCUT2D eigenvalue weighted by Gasteiger charge is 2.28. The van der Waals surface area contributed by atoms with E-state index in [1.165, 1.54) is 36.5 Å². The Kier molecular flexibility index (Phi) is 7.66. The molecule has 0 spiro atoms. The predicted molar refractivity (Wildman–Crippen MR) is 118 cm³/mol. The molecule has 2 aromatic rings. The van der Waals surface area contributed by atoms with Gasteiger partial charge in [-0.2, -0.15) is 4.31 Å². The molecule has 2 aromatic carbocycles. The summed E-state index contributed by atoms with van der Waals surface area (Å²) in [5, 5.41) is 3.15. The van der Waals surface area contributed by atoms with Crippen molar-refractivity contribution in [3.63, 3.8) is 0 Å². The average Bonchev–Trinajstić information content (AvgIpc) is 2.77. The standard InChI is InChI=1S/C20H22Cl2N2O6S/c1-13(30-18-5-3-4-15(21)19(18)22)20(25)23-16-12-14(6-7-17(16)28-2)31(26,27)24-8-10-29-11-9-24/h3-7,12-13H,8-11H2,1-2H3,(H,23,25). The summed E-state index contributed by atoms with van der Waals surface area (Å²) in [6.45, 7) is 2.73. The number of sulfonamides is 1. The molecule has 1 N–H and O–H groups in total. The van der Waals surface area contributed by atoms with Crippen molar-refractivity contribution in [2.24, 2.45) is 0 Å². The number of hydrogen-bond acceptors (Lipinski definition) is 6. The Labute approximate surface area is 191 Å². The van der Waals surface area contributed by atoms with E-state index in [9.17, 15) is 13.2 Å². The van der Waals surface area contributed by atoms with Crippen LogP contribution in [0.25, 0.3) is 0 Å². The fourth-order valence-corrected chi connectivity index (χ4v) is 4.71. The number of carbonyl (C=O) groups excluding carboxylic acids is 1. The van der Waals surface area contributed by atoms with Gasteiger partial charge in [0, 0.05) is 13.1 Å². The van der Waals surface area contributed by atoms with Crippen LogP contribution in [0.3, 0.4) is 0 Å². The van der Waals surface area contributed by atoms with E-state index in [2.05, 4.69) is 5.32 Å². The number of benzene rings is 2. The number of carbonyl (C=O) groups is 1. The molecule has 0 saturated carbocycles. The average molecular weight is 489 g/mol. The fraction of sp³-hybridized carbons (Fsp3) is 0.350. The smallest absolute Gasteiger partial charge is 0.265 e. The van der Waals surface area contributed by atoms with Crippen LogP contribution in [-0.2, 0) is 19.6 Å². The number of hydrogen-bond donors (Lipinski definition) is 1. The van der Waals surface area contributed by atoms with Gasteiger partial charge >= 0.3 is 0 Å². The Morgan fingerprint density at radius 2 is 1.87 bits per heavy atom. The van der Waals surface area contributed by atoms with Gasteiger partial charge in [0.1, 0.15) is 16.5 Å². The lowest BCUT2D eigenvalue weighted by Crippen LogP contribution is -2.40. The van der Waals surface area contributed by atoms with Crippen LogP contribution in [0.1, 0.15) is 6.92 Å². The molecule has 1 atom stereocenters. The van der Waals surface area contributed by atoms with Gasteiger partial charge in [-0.3, -0.25) is 4.79 Å². The summed E-state index contributed by atoms with van der Waals surface area (Å²) in [6, 6.07) is 9.13. The number of anilines is 1. The first-order chi connectivity index (χ1) is 14.7. The van der Waals surface area contributed by atoms with E-state index >= 15 is 0 Å². The fourth-order valence-electron chi connectivity index (χ4n) is 2.93. The van der Waals surface area contributed by atoms with Crippen molar-refractivity contribution in [2.75, 3.05) is 38.7 Å². The quantitative estimate of drug-likeness (QED) is 0.641. The lowest BCUT2D eigenvalue weighted by atomic mass is 10.2. The van der Waals surface area contributed by atoms with Crippen LogP contribution in [-0.4, -0.2) is 58.1 Å². The van der Waals surface area contributed by atoms with E-state index in [1.807, 2.05) is 0 Å². The monoisotopic (exact) mass is 488 g/mol. The van der Waals surface area contributed by atoms with Crippen molar-refractivity contribution < 1.29 is 27.4 Å². The normalized spacial score (nSPS) is 15.9. The van der Waals surface area contributed by atoms with Gasteiger partial charge in [0.2, 0.25) is 10.0 Å². The maximum atomic E-state index is 12.9. The molecule has 1 amide bonds. The van der Waals surface area contributed by atoms with Crippen molar-refractivity contribution in [1.82, 2.24) is 4.31 Å². The zero-order chi connectivity index (χ0) is 22.6. The summed E-state index contributed by atoms with van der Waals surface area (Å²) in [5.41, 5.74) is 0.203. The first-order valence-electron chi connectivity index (χ1n) is 9.41. The van der Waals surface area contributed by atoms with Crippen LogP contribution < -0.4 is 14.8 Å². The summed E-state index contributed by atoms with van der Waals surface area (Å²) in [6.07, 6.45) is -0.944. The Balaban J connectivity index is 1.80. The number of rotatable bonds is 7. The summed E-state index contributed by atoms with van der Waals surface area (Å²) < 4.78 is 43.3. The van der Waals surface area contributed by atoms with Crippen LogP contribution in [0.5, 0.6) is 11.5 Å². The molecule has 1 unspecified atom stereocenters. The van der Waals surface area contributed by atoms with Crippen LogP contribution in [0.2, 0.25) is 10.0 Å². The Morgan fingerprint density at radius 3 is 2.55 bits per heavy atom. The lowest BCUT2D eigenvalue weighted by Gasteiger charge is -2.26. The summed E-state index contributed by atoms with van der Waals surface area (Å²) in [4.78, 5) is 12.7. The highest BCUT2D eigenvalue weighted by Crippen LogP contribution is 2.33. The third kappa shape index (κ3) is 5.42. The molecular weight excluding hydrogens is 467 g/mol. The van der Waals surface area contributed by atoms with Gasteiger partial charge in [-0.25, -0.2) is 8.42 Å². The highest BCUT2D eigenvalue weighted by atomic mass is 35.5. The molecule has 11 heteroatoms. The number of nitrogens with one attached hydrogen (secondary N) is 1. The second-order valence-corrected chi connectivity index (χ2v) is 9.40. The van der Waals surface area contributed by atoms with E-state index < -0.39 is 22.0 Å². The minimum Gasteiger partial charge on any atom is -0.495 e. The maximum absolute atomic E-state index is 12.9. The Morgan fingerprint density at radius 1 is 1.16 bits per heavy atom. The molecular formula is C20H22Cl2N2O6S. The molecule has 0 radical (unpaired) electrons. The van der Waals surface area contributed by atoms with E-state index in [0.29, 0.717) is 24.0 Å². The van der Waals surface area contributed by atoms with Gasteiger partial charge in [-0.05, 0) is 37.3 Å². The molecule has 1 saturated heterocycles. The summed E-state index contributed by atoms with van der Waals surface area (Å²) >= 11 is 12.1. The number of ether oxygens (including phenoxy) is 3. The zero-order valence-corrected chi connectivity index (χ0v) is 19.3. The second kappa shape index (κ2) is 10.1. The minimum absolute atomic E-state index is 0.0388. The number of nitrogens with zero attached hydrogens (tertiary/aromatic N) is 1. The summed E-state index contributed by atoms with van der Waals surface area (Å²) in [5.74, 6) is 0.0463. The number of halogens is 2. The third-order valence-electron chi connectivity index (χ3n) is 4.63. The van der Waals surface area contributed by atoms with Gasteiger partial charge in [0.05, 0.1) is 35.9 Å². The molecule has 31 heavy (non-hydrogen) atoms. The van der Waals surface area contributed by atoms with E-state index in [-0.39, 0.29) is 34.4 Å². The maximum Gasteiger partial charge on any atom is 0.265 e. The molecule has 1 fully saturated rings. The Hall–Kier alpha value is -2.04. The van der Waals surface area contributed by atoms with Crippen LogP contribution in [0.15, 0.2) is 41.3 Å². The third-order valence-corrected chi connectivity index (χ3v) is 7.32. The van der Waals surface area contributed by atoms with Crippen molar-refractivity contribution in [3.8, 4) is 11.5 Å². The largest absolute Gasteiger partial charge is 0.495 e. The SMILES string of the molecule is COc1ccc(S(=O)(=O)N2CCOCC2)cc1NC(=O)C(C)Oc1cccc(Cl)c1Cl. The van der Waals surface area contributed by atoms with E-state index in [1.54, 1.807) is 18.2 Å². The van der Waals surface area contributed by atoms with Gasteiger partial charge in [-0.15, -0.1) is 0 Å². The molecule has 1 aliphatic rings. The van der Waals surface area contributed by atoms with Crippen LogP contribution >= 0.6 is 23.2 Å². The number of amides is 1. The van der Waals surface area contributed by atoms with Gasteiger partial charge in [0.25, 0.3) is 5.91 Å². The van der Waals surface area contributed by atoms with E-state index in [4.69, 9.17) is 37.4 Å². The number of morpholine rings is 1. The minimum atomic E-state index is -3.74. The zero-order valence-electron chi connectivity index (χ0n) is 16.9. The molecule has 8 nitrogen and oxygen atoms in total. The molecule has 0 bridgehead atoms. The van der Waals surface area contributed by atoms with Crippen LogP contribution in [0.4, 0.5) is 5.69 Å². The van der Waals surface area contributed by atoms with Crippen molar-refractivity contribution >= 4 is 44.8 Å².